The fourth-order valence-corrected chi connectivity index (χ4v) is 5.92. The van der Waals surface area contributed by atoms with Gasteiger partial charge in [-0.15, -0.1) is 0 Å². The maximum absolute atomic E-state index is 2.49. The number of quaternary nitrogens is 1. The lowest BCUT2D eigenvalue weighted by atomic mass is 10.00. The van der Waals surface area contributed by atoms with Crippen LogP contribution in [-0.2, 0) is 0 Å². The van der Waals surface area contributed by atoms with E-state index < -0.39 is 0 Å². The molecule has 1 atom stereocenters. The highest BCUT2D eigenvalue weighted by Gasteiger charge is 2.18. The third-order valence-corrected chi connectivity index (χ3v) is 8.22. The minimum atomic E-state index is 0.885. The average molecular weight is 495 g/mol. The topological polar surface area (TPSA) is 0 Å². The zero-order valence-electron chi connectivity index (χ0n) is 25.8. The Balaban J connectivity index is 3.36. The minimum Gasteiger partial charge on any atom is -0.328 e. The molecule has 0 aliphatic carbocycles. The molecule has 0 spiro atoms. The molecule has 0 bridgehead atoms. The molecule has 0 aromatic carbocycles. The van der Waals surface area contributed by atoms with Gasteiger partial charge in [0.15, 0.2) is 0 Å². The fourth-order valence-electron chi connectivity index (χ4n) is 5.92. The van der Waals surface area contributed by atoms with Crippen LogP contribution in [0, 0.1) is 5.92 Å². The highest BCUT2D eigenvalue weighted by Crippen LogP contribution is 2.17. The van der Waals surface area contributed by atoms with Crippen molar-refractivity contribution >= 4 is 0 Å². The molecule has 0 radical (unpaired) electrons. The Morgan fingerprint density at radius 1 is 0.400 bits per heavy atom. The van der Waals surface area contributed by atoms with E-state index in [2.05, 4.69) is 34.9 Å². The lowest BCUT2D eigenvalue weighted by Crippen LogP contribution is -2.43. The number of unbranched alkanes of at least 4 members (excludes halogenated alkanes) is 23. The smallest absolute Gasteiger partial charge is 0.0808 e. The molecule has 0 saturated heterocycles. The number of rotatable bonds is 29. The molecule has 0 aromatic heterocycles. The summed E-state index contributed by atoms with van der Waals surface area (Å²) >= 11 is 0. The van der Waals surface area contributed by atoms with Crippen LogP contribution in [-0.4, -0.2) is 31.7 Å². The van der Waals surface area contributed by atoms with Crippen LogP contribution in [0.5, 0.6) is 0 Å². The van der Waals surface area contributed by atoms with Gasteiger partial charge in [0.05, 0.1) is 27.2 Å². The van der Waals surface area contributed by atoms with Gasteiger partial charge in [0, 0.05) is 5.92 Å². The van der Waals surface area contributed by atoms with Crippen LogP contribution in [0.3, 0.4) is 0 Å². The number of nitrogens with zero attached hydrogens (tertiary/aromatic N) is 1. The Labute approximate surface area is 225 Å². The molecule has 0 saturated carbocycles. The van der Waals surface area contributed by atoms with Crippen molar-refractivity contribution < 1.29 is 4.48 Å². The van der Waals surface area contributed by atoms with Crippen LogP contribution in [0.2, 0.25) is 0 Å². The van der Waals surface area contributed by atoms with E-state index in [0.717, 1.165) is 5.92 Å². The first kappa shape index (κ1) is 35.0. The van der Waals surface area contributed by atoms with E-state index in [1.165, 1.54) is 185 Å². The van der Waals surface area contributed by atoms with Crippen molar-refractivity contribution in [3.63, 3.8) is 0 Å². The monoisotopic (exact) mass is 495 g/mol. The number of hydrogen-bond acceptors (Lipinski definition) is 0. The second-order valence-corrected chi connectivity index (χ2v) is 12.9. The molecule has 0 aliphatic heterocycles. The summed E-state index contributed by atoms with van der Waals surface area (Å²) in [6.45, 7) is 9.85. The van der Waals surface area contributed by atoms with Gasteiger partial charge in [-0.1, -0.05) is 168 Å². The summed E-state index contributed by atoms with van der Waals surface area (Å²) in [6, 6.07) is 0. The molecule has 0 amide bonds. The van der Waals surface area contributed by atoms with Gasteiger partial charge in [-0.3, -0.25) is 0 Å². The van der Waals surface area contributed by atoms with Crippen molar-refractivity contribution in [1.82, 2.24) is 0 Å². The van der Waals surface area contributed by atoms with Crippen molar-refractivity contribution in [2.24, 2.45) is 5.92 Å². The highest BCUT2D eigenvalue weighted by molar-refractivity contribution is 4.55. The summed E-state index contributed by atoms with van der Waals surface area (Å²) in [4.78, 5) is 0. The lowest BCUT2D eigenvalue weighted by molar-refractivity contribution is -0.893. The molecule has 0 N–H and O–H groups in total. The molecule has 0 aromatic rings. The lowest BCUT2D eigenvalue weighted by Gasteiger charge is -2.32. The van der Waals surface area contributed by atoms with Crippen molar-refractivity contribution in [2.75, 3.05) is 27.2 Å². The van der Waals surface area contributed by atoms with Crippen LogP contribution in [0.4, 0.5) is 0 Å². The second kappa shape index (κ2) is 27.0. The van der Waals surface area contributed by atoms with Crippen LogP contribution < -0.4 is 0 Å². The second-order valence-electron chi connectivity index (χ2n) is 12.9. The summed E-state index contributed by atoms with van der Waals surface area (Å²) in [7, 11) is 4.93. The van der Waals surface area contributed by atoms with E-state index in [0.29, 0.717) is 0 Å². The van der Waals surface area contributed by atoms with Gasteiger partial charge < -0.3 is 4.48 Å². The minimum absolute atomic E-state index is 0.885. The normalized spacial score (nSPS) is 12.9. The van der Waals surface area contributed by atoms with Gasteiger partial charge in [-0.25, -0.2) is 0 Å². The number of hydrogen-bond donors (Lipinski definition) is 0. The molecular weight excluding hydrogens is 422 g/mol. The molecule has 0 rings (SSSR count). The Morgan fingerprint density at radius 2 is 0.686 bits per heavy atom. The zero-order chi connectivity index (χ0) is 25.9. The van der Waals surface area contributed by atoms with Crippen molar-refractivity contribution in [2.45, 2.75) is 188 Å². The molecule has 0 aliphatic rings. The molecule has 1 nitrogen and oxygen atoms in total. The fraction of sp³-hybridized carbons (Fsp3) is 1.00. The van der Waals surface area contributed by atoms with E-state index in [9.17, 15) is 0 Å². The first-order valence-electron chi connectivity index (χ1n) is 16.8. The molecule has 1 unspecified atom stereocenters. The Hall–Kier alpha value is -0.0400. The van der Waals surface area contributed by atoms with Crippen LogP contribution in [0.1, 0.15) is 188 Å². The van der Waals surface area contributed by atoms with Crippen molar-refractivity contribution in [3.05, 3.63) is 0 Å². The largest absolute Gasteiger partial charge is 0.328 e. The molecule has 1 heteroatoms. The predicted octanol–water partition coefficient (Wildman–Crippen LogP) is 11.9. The van der Waals surface area contributed by atoms with Crippen LogP contribution in [0.15, 0.2) is 0 Å². The van der Waals surface area contributed by atoms with Gasteiger partial charge in [0.25, 0.3) is 0 Å². The SMILES string of the molecule is CCCCCCCCCCCCCCCCCCCC[N+](C)(C)CC(C)CCCCCCCCC. The Kier molecular flexibility index (Phi) is 27.0. The molecule has 212 valence electrons. The maximum Gasteiger partial charge on any atom is 0.0808 e. The van der Waals surface area contributed by atoms with Gasteiger partial charge in [-0.05, 0) is 19.3 Å². The van der Waals surface area contributed by atoms with Gasteiger partial charge in [0.1, 0.15) is 0 Å². The Bertz CT molecular complexity index is 388. The highest BCUT2D eigenvalue weighted by atomic mass is 15.3. The van der Waals surface area contributed by atoms with Gasteiger partial charge in [0.2, 0.25) is 0 Å². The average Bonchev–Trinajstić information content (AvgIpc) is 2.82. The van der Waals surface area contributed by atoms with Gasteiger partial charge >= 0.3 is 0 Å². The zero-order valence-corrected chi connectivity index (χ0v) is 25.8. The van der Waals surface area contributed by atoms with Crippen molar-refractivity contribution in [1.29, 1.82) is 0 Å². The summed E-state index contributed by atoms with van der Waals surface area (Å²) in [5.74, 6) is 0.885. The van der Waals surface area contributed by atoms with E-state index in [1.807, 2.05) is 0 Å². The van der Waals surface area contributed by atoms with E-state index in [1.54, 1.807) is 0 Å². The predicted molar refractivity (Wildman–Crippen MR) is 162 cm³/mol. The van der Waals surface area contributed by atoms with Crippen LogP contribution >= 0.6 is 0 Å². The third kappa shape index (κ3) is 28.4. The standard InChI is InChI=1S/C34H72N/c1-6-8-10-12-14-15-16-17-18-19-20-21-22-23-24-26-28-30-32-35(4,5)33-34(3)31-29-27-25-13-11-9-7-2/h34H,6-33H2,1-5H3/q+1. The van der Waals surface area contributed by atoms with E-state index in [4.69, 9.17) is 0 Å². The van der Waals surface area contributed by atoms with E-state index in [-0.39, 0.29) is 0 Å². The molecular formula is C34H72N+. The Morgan fingerprint density at radius 3 is 1.03 bits per heavy atom. The van der Waals surface area contributed by atoms with Crippen molar-refractivity contribution in [3.8, 4) is 0 Å². The first-order chi connectivity index (χ1) is 17.0. The summed E-state index contributed by atoms with van der Waals surface area (Å²) in [5, 5.41) is 0. The molecule has 0 fully saturated rings. The maximum atomic E-state index is 2.49. The summed E-state index contributed by atoms with van der Waals surface area (Å²) in [5.41, 5.74) is 0. The van der Waals surface area contributed by atoms with Gasteiger partial charge in [-0.2, -0.15) is 0 Å². The quantitative estimate of drug-likeness (QED) is 0.0716. The first-order valence-corrected chi connectivity index (χ1v) is 16.8. The molecule has 0 heterocycles. The van der Waals surface area contributed by atoms with Crippen LogP contribution in [0.25, 0.3) is 0 Å². The molecule has 35 heavy (non-hydrogen) atoms. The summed E-state index contributed by atoms with van der Waals surface area (Å²) in [6.07, 6.45) is 37.9. The van der Waals surface area contributed by atoms with E-state index >= 15 is 0 Å². The third-order valence-electron chi connectivity index (χ3n) is 8.22. The summed E-state index contributed by atoms with van der Waals surface area (Å²) < 4.78 is 1.23.